The van der Waals surface area contributed by atoms with Crippen molar-refractivity contribution in [2.45, 2.75) is 23.3 Å². The number of para-hydroxylation sites is 1. The average Bonchev–Trinajstić information content (AvgIpc) is 3.48. The van der Waals surface area contributed by atoms with E-state index in [4.69, 9.17) is 9.47 Å². The van der Waals surface area contributed by atoms with Crippen molar-refractivity contribution in [2.24, 2.45) is 5.92 Å². The summed E-state index contributed by atoms with van der Waals surface area (Å²) in [5.41, 5.74) is 3.65. The molecule has 0 aromatic heterocycles. The smallest absolute Gasteiger partial charge is 0.261 e. The average molecular weight is 447 g/mol. The van der Waals surface area contributed by atoms with Crippen LogP contribution in [0.5, 0.6) is 11.5 Å². The summed E-state index contributed by atoms with van der Waals surface area (Å²) in [7, 11) is -3.68. The lowest BCUT2D eigenvalue weighted by Gasteiger charge is -2.37. The molecule has 0 saturated heterocycles. The molecule has 2 heterocycles. The van der Waals surface area contributed by atoms with Gasteiger partial charge in [0, 0.05) is 17.3 Å². The fourth-order valence-corrected chi connectivity index (χ4v) is 5.99. The Morgan fingerprint density at radius 1 is 0.938 bits per heavy atom. The van der Waals surface area contributed by atoms with Crippen molar-refractivity contribution in [3.05, 3.63) is 90.0 Å². The summed E-state index contributed by atoms with van der Waals surface area (Å²) in [5.74, 6) is 1.98. The van der Waals surface area contributed by atoms with Crippen molar-refractivity contribution in [3.63, 3.8) is 0 Å². The second kappa shape index (κ2) is 7.31. The zero-order chi connectivity index (χ0) is 21.7. The molecule has 2 N–H and O–H groups in total. The van der Waals surface area contributed by atoms with Gasteiger partial charge < -0.3 is 14.8 Å². The molecule has 32 heavy (non-hydrogen) atoms. The minimum Gasteiger partial charge on any atom is -0.454 e. The van der Waals surface area contributed by atoms with Gasteiger partial charge in [0.25, 0.3) is 10.0 Å². The second-order valence-corrected chi connectivity index (χ2v) is 9.99. The van der Waals surface area contributed by atoms with E-state index in [2.05, 4.69) is 28.3 Å². The number of ether oxygens (including phenoxy) is 2. The van der Waals surface area contributed by atoms with Crippen LogP contribution in [0.4, 0.5) is 11.4 Å². The molecule has 0 radical (unpaired) electrons. The van der Waals surface area contributed by atoms with Crippen molar-refractivity contribution in [1.82, 2.24) is 0 Å². The Morgan fingerprint density at radius 2 is 1.78 bits per heavy atom. The number of fused-ring (bicyclic) bond motifs is 4. The molecule has 2 aliphatic heterocycles. The minimum atomic E-state index is -3.68. The Bertz CT molecular complexity index is 1320. The van der Waals surface area contributed by atoms with E-state index in [1.807, 2.05) is 24.3 Å². The number of allylic oxidation sites excluding steroid dienone is 2. The summed E-state index contributed by atoms with van der Waals surface area (Å²) in [6.45, 7) is 0.252. The topological polar surface area (TPSA) is 76.7 Å². The molecule has 6 rings (SSSR count). The maximum atomic E-state index is 13.0. The van der Waals surface area contributed by atoms with Crippen LogP contribution < -0.4 is 19.5 Å². The van der Waals surface area contributed by atoms with Crippen LogP contribution >= 0.6 is 0 Å². The lowest BCUT2D eigenvalue weighted by molar-refractivity contribution is 0.174. The summed E-state index contributed by atoms with van der Waals surface area (Å²) in [4.78, 5) is 0.266. The quantitative estimate of drug-likeness (QED) is 0.549. The molecular formula is C25H22N2O4S. The zero-order valence-corrected chi connectivity index (χ0v) is 18.0. The molecule has 3 atom stereocenters. The van der Waals surface area contributed by atoms with Crippen molar-refractivity contribution in [3.8, 4) is 11.5 Å². The van der Waals surface area contributed by atoms with Crippen LogP contribution in [0.15, 0.2) is 83.8 Å². The molecule has 7 heteroatoms. The Balaban J connectivity index is 1.34. The standard InChI is InChI=1S/C25H22N2O4S/c28-32(29,27-17-5-2-1-3-6-17)18-10-11-22-21(14-18)19-7-4-8-20(19)25(26-22)16-9-12-23-24(13-16)31-15-30-23/h1-7,9-14,19-20,25-27H,8,15H2/t19-,20+,25+/m0/s1. The molecule has 0 amide bonds. The van der Waals surface area contributed by atoms with E-state index in [-0.39, 0.29) is 23.6 Å². The number of hydrogen-bond acceptors (Lipinski definition) is 5. The van der Waals surface area contributed by atoms with E-state index < -0.39 is 10.0 Å². The Hall–Kier alpha value is -3.45. The van der Waals surface area contributed by atoms with Gasteiger partial charge in [-0.25, -0.2) is 8.42 Å². The number of anilines is 2. The number of hydrogen-bond donors (Lipinski definition) is 2. The molecule has 6 nitrogen and oxygen atoms in total. The van der Waals surface area contributed by atoms with Crippen LogP contribution in [0.25, 0.3) is 0 Å². The van der Waals surface area contributed by atoms with Crippen LogP contribution in [-0.2, 0) is 10.0 Å². The van der Waals surface area contributed by atoms with Crippen LogP contribution in [0.3, 0.4) is 0 Å². The van der Waals surface area contributed by atoms with E-state index >= 15 is 0 Å². The first-order valence-electron chi connectivity index (χ1n) is 10.6. The summed E-state index contributed by atoms with van der Waals surface area (Å²) in [6, 6.07) is 20.5. The molecule has 0 unspecified atom stereocenters. The fraction of sp³-hybridized carbons (Fsp3) is 0.200. The third-order valence-corrected chi connectivity index (χ3v) is 7.81. The van der Waals surface area contributed by atoms with Gasteiger partial charge in [-0.3, -0.25) is 4.72 Å². The summed E-state index contributed by atoms with van der Waals surface area (Å²) in [5, 5.41) is 3.65. The summed E-state index contributed by atoms with van der Waals surface area (Å²) in [6.07, 6.45) is 5.32. The lowest BCUT2D eigenvalue weighted by Crippen LogP contribution is -2.29. The molecule has 3 aliphatic rings. The summed E-state index contributed by atoms with van der Waals surface area (Å²) >= 11 is 0. The third-order valence-electron chi connectivity index (χ3n) is 6.43. The van der Waals surface area contributed by atoms with Crippen molar-refractivity contribution >= 4 is 21.4 Å². The predicted octanol–water partition coefficient (Wildman–Crippen LogP) is 5.04. The van der Waals surface area contributed by atoms with Gasteiger partial charge in [-0.1, -0.05) is 36.4 Å². The highest BCUT2D eigenvalue weighted by Gasteiger charge is 2.39. The molecule has 162 valence electrons. The predicted molar refractivity (Wildman–Crippen MR) is 123 cm³/mol. The first-order valence-corrected chi connectivity index (χ1v) is 12.1. The SMILES string of the molecule is O=S(=O)(Nc1ccccc1)c1ccc2c(c1)[C@H]1C=CC[C@H]1[C@@H](c1ccc3c(c1)OCO3)N2. The van der Waals surface area contributed by atoms with Gasteiger partial charge in [-0.05, 0) is 65.9 Å². The highest BCUT2D eigenvalue weighted by Crippen LogP contribution is 2.51. The minimum absolute atomic E-state index is 0.0990. The monoisotopic (exact) mass is 446 g/mol. The molecule has 0 saturated carbocycles. The van der Waals surface area contributed by atoms with E-state index in [1.165, 1.54) is 0 Å². The van der Waals surface area contributed by atoms with Crippen LogP contribution in [0.1, 0.15) is 29.5 Å². The maximum absolute atomic E-state index is 13.0. The van der Waals surface area contributed by atoms with Crippen LogP contribution in [0, 0.1) is 5.92 Å². The molecular weight excluding hydrogens is 424 g/mol. The van der Waals surface area contributed by atoms with Crippen molar-refractivity contribution in [2.75, 3.05) is 16.8 Å². The highest BCUT2D eigenvalue weighted by molar-refractivity contribution is 7.92. The van der Waals surface area contributed by atoms with Gasteiger partial charge in [0.15, 0.2) is 11.5 Å². The number of nitrogens with one attached hydrogen (secondary N) is 2. The largest absolute Gasteiger partial charge is 0.454 e. The third kappa shape index (κ3) is 3.20. The Morgan fingerprint density at radius 3 is 2.66 bits per heavy atom. The fourth-order valence-electron chi connectivity index (χ4n) is 4.90. The van der Waals surface area contributed by atoms with Gasteiger partial charge >= 0.3 is 0 Å². The molecule has 0 fully saturated rings. The van der Waals surface area contributed by atoms with E-state index in [0.717, 1.165) is 34.7 Å². The van der Waals surface area contributed by atoms with Crippen molar-refractivity contribution in [1.29, 1.82) is 0 Å². The van der Waals surface area contributed by atoms with Gasteiger partial charge in [-0.2, -0.15) is 0 Å². The van der Waals surface area contributed by atoms with Gasteiger partial charge in [0.05, 0.1) is 10.9 Å². The van der Waals surface area contributed by atoms with Gasteiger partial charge in [0.2, 0.25) is 6.79 Å². The van der Waals surface area contributed by atoms with E-state index in [9.17, 15) is 8.42 Å². The number of benzene rings is 3. The van der Waals surface area contributed by atoms with Gasteiger partial charge in [-0.15, -0.1) is 0 Å². The van der Waals surface area contributed by atoms with Crippen molar-refractivity contribution < 1.29 is 17.9 Å². The molecule has 3 aromatic rings. The lowest BCUT2D eigenvalue weighted by atomic mass is 9.77. The van der Waals surface area contributed by atoms with Crippen LogP contribution in [-0.4, -0.2) is 15.2 Å². The van der Waals surface area contributed by atoms with Crippen LogP contribution in [0.2, 0.25) is 0 Å². The maximum Gasteiger partial charge on any atom is 0.261 e. The first-order chi connectivity index (χ1) is 15.6. The number of sulfonamides is 1. The molecule has 0 bridgehead atoms. The molecule has 3 aromatic carbocycles. The Kier molecular flexibility index (Phi) is 4.40. The van der Waals surface area contributed by atoms with E-state index in [0.29, 0.717) is 11.6 Å². The number of rotatable bonds is 4. The molecule has 1 aliphatic carbocycles. The van der Waals surface area contributed by atoms with E-state index in [1.54, 1.807) is 36.4 Å². The molecule has 0 spiro atoms. The Labute approximate surface area is 186 Å². The normalized spacial score (nSPS) is 22.7. The highest BCUT2D eigenvalue weighted by atomic mass is 32.2. The zero-order valence-electron chi connectivity index (χ0n) is 17.2. The second-order valence-electron chi connectivity index (χ2n) is 8.31. The first kappa shape index (κ1) is 19.3. The van der Waals surface area contributed by atoms with Gasteiger partial charge in [0.1, 0.15) is 0 Å². The summed E-state index contributed by atoms with van der Waals surface area (Å²) < 4.78 is 39.7.